The first-order valence-electron chi connectivity index (χ1n) is 4.60. The minimum absolute atomic E-state index is 0.328. The van der Waals surface area contributed by atoms with Crippen molar-refractivity contribution in [2.75, 3.05) is 20.0 Å². The smallest absolute Gasteiger partial charge is 0.231 e. The van der Waals surface area contributed by atoms with Crippen molar-refractivity contribution in [1.82, 2.24) is 0 Å². The molecule has 1 aromatic rings. The van der Waals surface area contributed by atoms with E-state index < -0.39 is 0 Å². The molecule has 0 saturated carbocycles. The Bertz CT molecular complexity index is 396. The van der Waals surface area contributed by atoms with Gasteiger partial charge in [0.1, 0.15) is 0 Å². The number of rotatable bonds is 1. The minimum atomic E-state index is 0.328. The highest BCUT2D eigenvalue weighted by Gasteiger charge is 2.15. The van der Waals surface area contributed by atoms with E-state index in [2.05, 4.69) is 6.08 Å². The second kappa shape index (κ2) is 3.03. The minimum Gasteiger partial charge on any atom is -0.454 e. The van der Waals surface area contributed by atoms with Crippen LogP contribution < -0.4 is 9.47 Å². The zero-order valence-electron chi connectivity index (χ0n) is 7.66. The summed E-state index contributed by atoms with van der Waals surface area (Å²) < 4.78 is 15.8. The molecule has 0 saturated heterocycles. The van der Waals surface area contributed by atoms with Crippen molar-refractivity contribution in [2.24, 2.45) is 0 Å². The Kier molecular flexibility index (Phi) is 1.70. The van der Waals surface area contributed by atoms with Crippen molar-refractivity contribution >= 4 is 5.57 Å². The van der Waals surface area contributed by atoms with Crippen LogP contribution in [0.4, 0.5) is 0 Å². The average molecular weight is 190 g/mol. The number of ether oxygens (including phenoxy) is 3. The Labute approximate surface area is 81.9 Å². The normalized spacial score (nSPS) is 18.4. The Balaban J connectivity index is 2.00. The van der Waals surface area contributed by atoms with E-state index in [1.807, 2.05) is 18.2 Å². The fraction of sp³-hybridized carbons (Fsp3) is 0.273. The third-order valence-electron chi connectivity index (χ3n) is 2.45. The molecule has 0 aliphatic carbocycles. The SMILES string of the molecule is C1=C(c2ccc3c(c2)OCO3)COC1. The number of hydrogen-bond acceptors (Lipinski definition) is 3. The van der Waals surface area contributed by atoms with Gasteiger partial charge < -0.3 is 14.2 Å². The van der Waals surface area contributed by atoms with Gasteiger partial charge in [-0.1, -0.05) is 12.1 Å². The summed E-state index contributed by atoms with van der Waals surface area (Å²) in [4.78, 5) is 0. The van der Waals surface area contributed by atoms with Gasteiger partial charge in [-0.25, -0.2) is 0 Å². The van der Waals surface area contributed by atoms with Gasteiger partial charge in [0.2, 0.25) is 6.79 Å². The van der Waals surface area contributed by atoms with Gasteiger partial charge in [-0.2, -0.15) is 0 Å². The average Bonchev–Trinajstić information content (AvgIpc) is 2.88. The van der Waals surface area contributed by atoms with Gasteiger partial charge in [-0.05, 0) is 23.3 Å². The van der Waals surface area contributed by atoms with E-state index in [0.29, 0.717) is 20.0 Å². The number of benzene rings is 1. The molecule has 0 N–H and O–H groups in total. The number of hydrogen-bond donors (Lipinski definition) is 0. The van der Waals surface area contributed by atoms with E-state index in [1.165, 1.54) is 5.57 Å². The molecule has 0 unspecified atom stereocenters. The lowest BCUT2D eigenvalue weighted by molar-refractivity contribution is 0.174. The molecular weight excluding hydrogens is 180 g/mol. The molecule has 72 valence electrons. The van der Waals surface area contributed by atoms with Crippen LogP contribution in [0, 0.1) is 0 Å². The van der Waals surface area contributed by atoms with Crippen LogP contribution in [0.15, 0.2) is 24.3 Å². The molecule has 1 aromatic carbocycles. The zero-order chi connectivity index (χ0) is 9.38. The van der Waals surface area contributed by atoms with Gasteiger partial charge in [0.05, 0.1) is 13.2 Å². The van der Waals surface area contributed by atoms with Crippen LogP contribution >= 0.6 is 0 Å². The van der Waals surface area contributed by atoms with Gasteiger partial charge in [0, 0.05) is 0 Å². The van der Waals surface area contributed by atoms with Gasteiger partial charge >= 0.3 is 0 Å². The molecule has 14 heavy (non-hydrogen) atoms. The molecule has 3 rings (SSSR count). The highest BCUT2D eigenvalue weighted by Crippen LogP contribution is 2.34. The molecule has 0 spiro atoms. The van der Waals surface area contributed by atoms with Crippen molar-refractivity contribution in [3.8, 4) is 11.5 Å². The molecule has 0 bridgehead atoms. The first-order valence-corrected chi connectivity index (χ1v) is 4.60. The van der Waals surface area contributed by atoms with Gasteiger partial charge in [0.25, 0.3) is 0 Å². The summed E-state index contributed by atoms with van der Waals surface area (Å²) in [6.45, 7) is 1.73. The molecule has 2 aliphatic heterocycles. The van der Waals surface area contributed by atoms with Gasteiger partial charge in [0.15, 0.2) is 11.5 Å². The van der Waals surface area contributed by atoms with Gasteiger partial charge in [-0.15, -0.1) is 0 Å². The highest BCUT2D eigenvalue weighted by atomic mass is 16.7. The molecule has 2 heterocycles. The molecule has 2 aliphatic rings. The van der Waals surface area contributed by atoms with Gasteiger partial charge in [-0.3, -0.25) is 0 Å². The third-order valence-corrected chi connectivity index (χ3v) is 2.45. The zero-order valence-corrected chi connectivity index (χ0v) is 7.66. The summed E-state index contributed by atoms with van der Waals surface area (Å²) in [6, 6.07) is 5.98. The van der Waals surface area contributed by atoms with Crippen LogP contribution in [-0.2, 0) is 4.74 Å². The van der Waals surface area contributed by atoms with Crippen molar-refractivity contribution in [2.45, 2.75) is 0 Å². The van der Waals surface area contributed by atoms with E-state index in [4.69, 9.17) is 14.2 Å². The van der Waals surface area contributed by atoms with Crippen LogP contribution in [0.2, 0.25) is 0 Å². The summed E-state index contributed by atoms with van der Waals surface area (Å²) in [7, 11) is 0. The third kappa shape index (κ3) is 1.17. The summed E-state index contributed by atoms with van der Waals surface area (Å²) in [6.07, 6.45) is 2.09. The van der Waals surface area contributed by atoms with E-state index in [-0.39, 0.29) is 0 Å². The predicted octanol–water partition coefficient (Wildman–Crippen LogP) is 1.83. The van der Waals surface area contributed by atoms with E-state index in [1.54, 1.807) is 0 Å². The summed E-state index contributed by atoms with van der Waals surface area (Å²) in [5, 5.41) is 0. The van der Waals surface area contributed by atoms with Crippen molar-refractivity contribution in [1.29, 1.82) is 0 Å². The molecule has 0 amide bonds. The topological polar surface area (TPSA) is 27.7 Å². The molecule has 0 radical (unpaired) electrons. The monoisotopic (exact) mass is 190 g/mol. The standard InChI is InChI=1S/C11H10O3/c1-2-10-11(14-7-13-10)5-8(1)9-3-4-12-6-9/h1-3,5H,4,6-7H2. The van der Waals surface area contributed by atoms with Crippen LogP contribution in [0.5, 0.6) is 11.5 Å². The summed E-state index contributed by atoms with van der Waals surface area (Å²) in [5.74, 6) is 1.66. The maximum Gasteiger partial charge on any atom is 0.231 e. The first-order chi connectivity index (χ1) is 6.93. The van der Waals surface area contributed by atoms with E-state index in [0.717, 1.165) is 17.1 Å². The maximum atomic E-state index is 5.31. The van der Waals surface area contributed by atoms with Crippen LogP contribution in [-0.4, -0.2) is 20.0 Å². The highest BCUT2D eigenvalue weighted by molar-refractivity contribution is 5.70. The van der Waals surface area contributed by atoms with E-state index >= 15 is 0 Å². The second-order valence-electron chi connectivity index (χ2n) is 3.31. The Hall–Kier alpha value is -1.48. The van der Waals surface area contributed by atoms with E-state index in [9.17, 15) is 0 Å². The quantitative estimate of drug-likeness (QED) is 0.676. The van der Waals surface area contributed by atoms with Crippen molar-refractivity contribution in [3.63, 3.8) is 0 Å². The second-order valence-corrected chi connectivity index (χ2v) is 3.31. The summed E-state index contributed by atoms with van der Waals surface area (Å²) in [5.41, 5.74) is 2.38. The van der Waals surface area contributed by atoms with Crippen LogP contribution in [0.25, 0.3) is 5.57 Å². The Morgan fingerprint density at radius 3 is 2.86 bits per heavy atom. The Morgan fingerprint density at radius 1 is 1.07 bits per heavy atom. The molecule has 0 fully saturated rings. The molecule has 3 nitrogen and oxygen atoms in total. The maximum absolute atomic E-state index is 5.31. The lowest BCUT2D eigenvalue weighted by Gasteiger charge is -2.02. The predicted molar refractivity (Wildman–Crippen MR) is 51.4 cm³/mol. The number of fused-ring (bicyclic) bond motifs is 1. The largest absolute Gasteiger partial charge is 0.454 e. The van der Waals surface area contributed by atoms with Crippen LogP contribution in [0.1, 0.15) is 5.56 Å². The van der Waals surface area contributed by atoms with Crippen molar-refractivity contribution < 1.29 is 14.2 Å². The fourth-order valence-corrected chi connectivity index (χ4v) is 1.68. The Morgan fingerprint density at radius 2 is 2.00 bits per heavy atom. The van der Waals surface area contributed by atoms with Crippen molar-refractivity contribution in [3.05, 3.63) is 29.8 Å². The first kappa shape index (κ1) is 7.88. The molecule has 3 heteroatoms. The molecular formula is C11H10O3. The van der Waals surface area contributed by atoms with Crippen LogP contribution in [0.3, 0.4) is 0 Å². The lowest BCUT2D eigenvalue weighted by Crippen LogP contribution is -1.93. The molecule has 0 aromatic heterocycles. The lowest BCUT2D eigenvalue weighted by atomic mass is 10.1. The fourth-order valence-electron chi connectivity index (χ4n) is 1.68. The summed E-state index contributed by atoms with van der Waals surface area (Å²) >= 11 is 0. The molecule has 0 atom stereocenters.